The Bertz CT molecular complexity index is 187. The Morgan fingerprint density at radius 3 is 2.54 bits per heavy atom. The molecule has 0 aromatic heterocycles. The molecule has 0 saturated carbocycles. The van der Waals surface area contributed by atoms with Crippen LogP contribution in [0.15, 0.2) is 4.99 Å². The third-order valence-corrected chi connectivity index (χ3v) is 1.78. The molecule has 0 aliphatic heterocycles. The number of nitrogens with two attached hydrogens (primary N) is 2. The number of nitrogens with one attached hydrogen (secondary N) is 1. The maximum absolute atomic E-state index is 11.0. The van der Waals surface area contributed by atoms with Gasteiger partial charge in [0.15, 0.2) is 5.96 Å². The standard InChI is InChI=1S/C8H18N4O/c1-6(13)7(11-2)4-3-5-12-8(9)10/h7,11H,3-5H2,1-2H3,(H4,9,10,12)/t7-/m1/s1. The molecule has 5 heteroatoms. The fraction of sp³-hybridized carbons (Fsp3) is 0.750. The average molecular weight is 186 g/mol. The minimum Gasteiger partial charge on any atom is -0.370 e. The molecule has 0 rings (SSSR count). The summed E-state index contributed by atoms with van der Waals surface area (Å²) in [5, 5.41) is 2.93. The smallest absolute Gasteiger partial charge is 0.185 e. The van der Waals surface area contributed by atoms with Crippen LogP contribution in [0.1, 0.15) is 19.8 Å². The van der Waals surface area contributed by atoms with Gasteiger partial charge in [-0.05, 0) is 26.8 Å². The van der Waals surface area contributed by atoms with Crippen molar-refractivity contribution < 1.29 is 4.79 Å². The Balaban J connectivity index is 3.62. The molecule has 5 nitrogen and oxygen atoms in total. The summed E-state index contributed by atoms with van der Waals surface area (Å²) in [5.41, 5.74) is 10.3. The molecule has 0 spiro atoms. The van der Waals surface area contributed by atoms with E-state index in [1.54, 1.807) is 14.0 Å². The number of guanidine groups is 1. The van der Waals surface area contributed by atoms with Gasteiger partial charge in [-0.15, -0.1) is 0 Å². The highest BCUT2D eigenvalue weighted by atomic mass is 16.1. The molecule has 0 radical (unpaired) electrons. The maximum Gasteiger partial charge on any atom is 0.185 e. The topological polar surface area (TPSA) is 93.5 Å². The van der Waals surface area contributed by atoms with Crippen LogP contribution >= 0.6 is 0 Å². The quantitative estimate of drug-likeness (QED) is 0.288. The van der Waals surface area contributed by atoms with Crippen LogP contribution in [0.2, 0.25) is 0 Å². The molecule has 0 aliphatic rings. The van der Waals surface area contributed by atoms with E-state index in [2.05, 4.69) is 10.3 Å². The predicted octanol–water partition coefficient (Wildman–Crippen LogP) is -0.783. The normalized spacial score (nSPS) is 12.2. The zero-order valence-electron chi connectivity index (χ0n) is 8.21. The van der Waals surface area contributed by atoms with Crippen LogP contribution in [0.5, 0.6) is 0 Å². The van der Waals surface area contributed by atoms with Crippen molar-refractivity contribution in [3.8, 4) is 0 Å². The van der Waals surface area contributed by atoms with Crippen LogP contribution in [-0.4, -0.2) is 31.4 Å². The van der Waals surface area contributed by atoms with E-state index in [-0.39, 0.29) is 17.8 Å². The highest BCUT2D eigenvalue weighted by Gasteiger charge is 2.09. The molecule has 5 N–H and O–H groups in total. The van der Waals surface area contributed by atoms with E-state index in [1.165, 1.54) is 0 Å². The van der Waals surface area contributed by atoms with E-state index in [0.717, 1.165) is 12.8 Å². The monoisotopic (exact) mass is 186 g/mol. The third-order valence-electron chi connectivity index (χ3n) is 1.78. The number of carbonyl (C=O) groups excluding carboxylic acids is 1. The lowest BCUT2D eigenvalue weighted by Gasteiger charge is -2.10. The van der Waals surface area contributed by atoms with Crippen molar-refractivity contribution in [1.29, 1.82) is 0 Å². The summed E-state index contributed by atoms with van der Waals surface area (Å²) in [5.74, 6) is 0.246. The number of hydrogen-bond donors (Lipinski definition) is 3. The minimum absolute atomic E-state index is 0.0748. The van der Waals surface area contributed by atoms with Crippen molar-refractivity contribution in [2.75, 3.05) is 13.6 Å². The second kappa shape index (κ2) is 6.42. The highest BCUT2D eigenvalue weighted by Crippen LogP contribution is 1.98. The molecule has 1 atom stereocenters. The summed E-state index contributed by atoms with van der Waals surface area (Å²) in [7, 11) is 1.77. The maximum atomic E-state index is 11.0. The van der Waals surface area contributed by atoms with Gasteiger partial charge in [0.2, 0.25) is 0 Å². The fourth-order valence-corrected chi connectivity index (χ4v) is 1.05. The summed E-state index contributed by atoms with van der Waals surface area (Å²) in [4.78, 5) is 14.8. The first-order valence-corrected chi connectivity index (χ1v) is 4.31. The molecule has 0 bridgehead atoms. The summed E-state index contributed by atoms with van der Waals surface area (Å²) < 4.78 is 0. The number of likely N-dealkylation sites (N-methyl/N-ethyl adjacent to an activating group) is 1. The lowest BCUT2D eigenvalue weighted by Crippen LogP contribution is -2.32. The van der Waals surface area contributed by atoms with E-state index >= 15 is 0 Å². The predicted molar refractivity (Wildman–Crippen MR) is 53.4 cm³/mol. The molecule has 76 valence electrons. The summed E-state index contributed by atoms with van der Waals surface area (Å²) in [6.45, 7) is 2.15. The molecule has 0 heterocycles. The first-order valence-electron chi connectivity index (χ1n) is 4.31. The molecule has 0 saturated heterocycles. The number of rotatable bonds is 6. The van der Waals surface area contributed by atoms with Crippen LogP contribution in [0.25, 0.3) is 0 Å². The Hall–Kier alpha value is -1.10. The van der Waals surface area contributed by atoms with Gasteiger partial charge >= 0.3 is 0 Å². The van der Waals surface area contributed by atoms with Gasteiger partial charge in [-0.1, -0.05) is 0 Å². The van der Waals surface area contributed by atoms with Crippen LogP contribution in [0.4, 0.5) is 0 Å². The Morgan fingerprint density at radius 1 is 1.54 bits per heavy atom. The van der Waals surface area contributed by atoms with Gasteiger partial charge in [-0.2, -0.15) is 0 Å². The fourth-order valence-electron chi connectivity index (χ4n) is 1.05. The van der Waals surface area contributed by atoms with Crippen LogP contribution in [-0.2, 0) is 4.79 Å². The van der Waals surface area contributed by atoms with E-state index in [4.69, 9.17) is 11.5 Å². The van der Waals surface area contributed by atoms with Crippen molar-refractivity contribution in [3.63, 3.8) is 0 Å². The van der Waals surface area contributed by atoms with Gasteiger partial charge < -0.3 is 16.8 Å². The molecule has 0 unspecified atom stereocenters. The van der Waals surface area contributed by atoms with Gasteiger partial charge in [0, 0.05) is 6.54 Å². The summed E-state index contributed by atoms with van der Waals surface area (Å²) in [6, 6.07) is -0.0748. The molecular weight excluding hydrogens is 168 g/mol. The van der Waals surface area contributed by atoms with E-state index in [1.807, 2.05) is 0 Å². The molecule has 0 aromatic rings. The first kappa shape index (κ1) is 11.9. The van der Waals surface area contributed by atoms with Crippen LogP contribution < -0.4 is 16.8 Å². The van der Waals surface area contributed by atoms with Crippen molar-refractivity contribution in [2.45, 2.75) is 25.8 Å². The molecule has 0 amide bonds. The number of hydrogen-bond acceptors (Lipinski definition) is 3. The van der Waals surface area contributed by atoms with Gasteiger partial charge in [0.05, 0.1) is 6.04 Å². The minimum atomic E-state index is -0.0748. The lowest BCUT2D eigenvalue weighted by molar-refractivity contribution is -0.119. The number of ketones is 1. The molecule has 13 heavy (non-hydrogen) atoms. The summed E-state index contributed by atoms with van der Waals surface area (Å²) in [6.07, 6.45) is 1.58. The second-order valence-corrected chi connectivity index (χ2v) is 2.90. The van der Waals surface area contributed by atoms with E-state index in [0.29, 0.717) is 6.54 Å². The van der Waals surface area contributed by atoms with Gasteiger partial charge in [-0.25, -0.2) is 0 Å². The number of Topliss-reactive ketones (excluding diaryl/α,β-unsaturated/α-hetero) is 1. The van der Waals surface area contributed by atoms with Gasteiger partial charge in [0.1, 0.15) is 5.78 Å². The Morgan fingerprint density at radius 2 is 2.15 bits per heavy atom. The lowest BCUT2D eigenvalue weighted by atomic mass is 10.1. The zero-order valence-corrected chi connectivity index (χ0v) is 8.21. The largest absolute Gasteiger partial charge is 0.370 e. The van der Waals surface area contributed by atoms with Crippen LogP contribution in [0.3, 0.4) is 0 Å². The van der Waals surface area contributed by atoms with E-state index in [9.17, 15) is 4.79 Å². The van der Waals surface area contributed by atoms with Gasteiger partial charge in [0.25, 0.3) is 0 Å². The molecule has 0 aliphatic carbocycles. The Labute approximate surface area is 78.6 Å². The SMILES string of the molecule is CN[C@H](CCCN=C(N)N)C(C)=O. The van der Waals surface area contributed by atoms with Crippen LogP contribution in [0, 0.1) is 0 Å². The van der Waals surface area contributed by atoms with Crippen molar-refractivity contribution >= 4 is 11.7 Å². The second-order valence-electron chi connectivity index (χ2n) is 2.90. The number of nitrogens with zero attached hydrogens (tertiary/aromatic N) is 1. The molecule has 0 aromatic carbocycles. The molecule has 0 fully saturated rings. The van der Waals surface area contributed by atoms with Crippen molar-refractivity contribution in [3.05, 3.63) is 0 Å². The first-order chi connectivity index (χ1) is 6.07. The summed E-state index contributed by atoms with van der Waals surface area (Å²) >= 11 is 0. The average Bonchev–Trinajstić information content (AvgIpc) is 2.03. The highest BCUT2D eigenvalue weighted by molar-refractivity contribution is 5.81. The third kappa shape index (κ3) is 6.10. The Kier molecular flexibility index (Phi) is 5.88. The van der Waals surface area contributed by atoms with E-state index < -0.39 is 0 Å². The molecular formula is C8H18N4O. The van der Waals surface area contributed by atoms with Gasteiger partial charge in [-0.3, -0.25) is 9.79 Å². The zero-order chi connectivity index (χ0) is 10.3. The number of aliphatic imine (C=N–C) groups is 1. The van der Waals surface area contributed by atoms with Crippen molar-refractivity contribution in [1.82, 2.24) is 5.32 Å². The van der Waals surface area contributed by atoms with Crippen molar-refractivity contribution in [2.24, 2.45) is 16.5 Å². The number of carbonyl (C=O) groups is 1.